The molecule has 1 unspecified atom stereocenters. The van der Waals surface area contributed by atoms with Crippen molar-refractivity contribution in [2.75, 3.05) is 26.4 Å². The molecular formula is C28H48N2O21. The lowest BCUT2D eigenvalue weighted by atomic mass is 9.95. The Kier molecular flexibility index (Phi) is 14.8. The Morgan fingerprint density at radius 1 is 0.510 bits per heavy atom. The summed E-state index contributed by atoms with van der Waals surface area (Å²) in [6.45, 7) is -1.05. The smallest absolute Gasteiger partial charge is 0.217 e. The largest absolute Gasteiger partial charge is 0.394 e. The first-order chi connectivity index (χ1) is 24.0. The molecule has 4 aliphatic heterocycles. The van der Waals surface area contributed by atoms with Crippen LogP contribution in [0.3, 0.4) is 0 Å². The molecule has 20 atom stereocenters. The third-order valence-electron chi connectivity index (χ3n) is 8.99. The van der Waals surface area contributed by atoms with Gasteiger partial charge in [-0.2, -0.15) is 0 Å². The average molecular weight is 749 g/mol. The van der Waals surface area contributed by atoms with E-state index < -0.39 is 161 Å². The third kappa shape index (κ3) is 9.29. The highest BCUT2D eigenvalue weighted by molar-refractivity contribution is 5.73. The fraction of sp³-hybridized carbons (Fsp3) is 0.929. The number of nitrogens with one attached hydrogen (secondary N) is 2. The fourth-order valence-electron chi connectivity index (χ4n) is 6.25. The van der Waals surface area contributed by atoms with Gasteiger partial charge in [0.05, 0.1) is 26.4 Å². The Balaban J connectivity index is 1.62. The number of hydrogen-bond acceptors (Lipinski definition) is 21. The predicted molar refractivity (Wildman–Crippen MR) is 157 cm³/mol. The number of ether oxygens (including phenoxy) is 7. The van der Waals surface area contributed by atoms with Gasteiger partial charge in [0.15, 0.2) is 25.2 Å². The minimum atomic E-state index is -2.07. The molecule has 51 heavy (non-hydrogen) atoms. The molecule has 4 heterocycles. The number of amides is 2. The van der Waals surface area contributed by atoms with Crippen molar-refractivity contribution in [2.45, 2.75) is 137 Å². The van der Waals surface area contributed by atoms with Gasteiger partial charge >= 0.3 is 0 Å². The molecule has 14 N–H and O–H groups in total. The lowest BCUT2D eigenvalue weighted by molar-refractivity contribution is -0.378. The zero-order chi connectivity index (χ0) is 37.9. The average Bonchev–Trinajstić information content (AvgIpc) is 3.08. The molecule has 0 bridgehead atoms. The van der Waals surface area contributed by atoms with Crippen LogP contribution in [0, 0.1) is 0 Å². The van der Waals surface area contributed by atoms with Crippen LogP contribution in [0.2, 0.25) is 0 Å². The van der Waals surface area contributed by atoms with Crippen LogP contribution in [-0.4, -0.2) is 222 Å². The molecule has 2 amide bonds. The number of carbonyl (C=O) groups excluding carboxylic acids is 2. The molecular weight excluding hydrogens is 700 g/mol. The van der Waals surface area contributed by atoms with Crippen molar-refractivity contribution >= 4 is 11.8 Å². The first-order valence-electron chi connectivity index (χ1n) is 16.1. The van der Waals surface area contributed by atoms with Crippen LogP contribution in [-0.2, 0) is 42.7 Å². The number of carbonyl (C=O) groups is 2. The van der Waals surface area contributed by atoms with Gasteiger partial charge in [-0.1, -0.05) is 0 Å². The van der Waals surface area contributed by atoms with Gasteiger partial charge in [-0.3, -0.25) is 9.59 Å². The fourth-order valence-corrected chi connectivity index (χ4v) is 6.25. The molecule has 0 aliphatic carbocycles. The Labute approximate surface area is 289 Å². The van der Waals surface area contributed by atoms with E-state index in [-0.39, 0.29) is 0 Å². The van der Waals surface area contributed by atoms with E-state index in [4.69, 9.17) is 33.2 Å². The summed E-state index contributed by atoms with van der Waals surface area (Å²) in [6.07, 6.45) is -31.7. The second kappa shape index (κ2) is 18.0. The van der Waals surface area contributed by atoms with Crippen molar-refractivity contribution in [1.82, 2.24) is 10.6 Å². The second-order valence-corrected chi connectivity index (χ2v) is 12.7. The van der Waals surface area contributed by atoms with E-state index in [1.807, 2.05) is 0 Å². The third-order valence-corrected chi connectivity index (χ3v) is 8.99. The highest BCUT2D eigenvalue weighted by atomic mass is 16.8. The molecule has 4 saturated heterocycles. The lowest BCUT2D eigenvalue weighted by Gasteiger charge is -2.49. The molecule has 4 aliphatic rings. The van der Waals surface area contributed by atoms with Crippen molar-refractivity contribution < 1.29 is 104 Å². The SMILES string of the molecule is CC(=O)N[C@H]1[C@H](OC[C@H]2O[C@@H](O[C@H]3[C@H](O)[C@@H](NC(C)=O)C(O)O[C@@H]3CO)[C@H](O)[C@@H](O[C@@H]3O[C@H](CO)[C@H](O)[C@H](O)[C@H]3O)[C@H]2O)O[C@H](CO)[C@@H](O)[C@@H]1O. The van der Waals surface area contributed by atoms with Crippen LogP contribution in [0.5, 0.6) is 0 Å². The van der Waals surface area contributed by atoms with Gasteiger partial charge in [0.25, 0.3) is 0 Å². The molecule has 4 rings (SSSR count). The molecule has 0 aromatic heterocycles. The summed E-state index contributed by atoms with van der Waals surface area (Å²) in [4.78, 5) is 23.6. The first-order valence-corrected chi connectivity index (χ1v) is 16.1. The number of hydrogen-bond donors (Lipinski definition) is 14. The summed E-state index contributed by atoms with van der Waals surface area (Å²) in [6, 6.07) is -2.92. The number of rotatable bonds is 12. The maximum Gasteiger partial charge on any atom is 0.217 e. The standard InChI is InChI=1S/C28H48N2O21/c1-7(34)29-13-19(40)23(11(5-33)46-25(13)44)50-28-22(43)24(51-27-21(42)20(41)16(37)10(4-32)48-27)17(38)12(49-28)6-45-26-14(30-8(2)35)18(39)15(36)9(3-31)47-26/h9-28,31-33,36-44H,3-6H2,1-2H3,(H,29,34)(H,30,35)/t9-,10-,11-,12-,13-,14-,15-,16+,17+,18-,19-,20+,21-,22-,23-,24+,25?,26-,27+,28+/m1/s1. The first kappa shape index (κ1) is 41.9. The monoisotopic (exact) mass is 748 g/mol. The molecule has 0 saturated carbocycles. The minimum Gasteiger partial charge on any atom is -0.394 e. The predicted octanol–water partition coefficient (Wildman–Crippen LogP) is -9.46. The highest BCUT2D eigenvalue weighted by Gasteiger charge is 2.54. The van der Waals surface area contributed by atoms with E-state index in [2.05, 4.69) is 10.6 Å². The van der Waals surface area contributed by atoms with Gasteiger partial charge in [0, 0.05) is 13.8 Å². The summed E-state index contributed by atoms with van der Waals surface area (Å²) in [5, 5.41) is 130. The van der Waals surface area contributed by atoms with Gasteiger partial charge in [0.2, 0.25) is 11.8 Å². The van der Waals surface area contributed by atoms with Gasteiger partial charge in [0.1, 0.15) is 97.5 Å². The Morgan fingerprint density at radius 2 is 1.00 bits per heavy atom. The van der Waals surface area contributed by atoms with Gasteiger partial charge in [-0.25, -0.2) is 0 Å². The summed E-state index contributed by atoms with van der Waals surface area (Å²) < 4.78 is 39.1. The minimum absolute atomic E-state index is 0.668. The van der Waals surface area contributed by atoms with Crippen molar-refractivity contribution in [3.05, 3.63) is 0 Å². The highest BCUT2D eigenvalue weighted by Crippen LogP contribution is 2.33. The van der Waals surface area contributed by atoms with Crippen LogP contribution >= 0.6 is 0 Å². The molecule has 0 aromatic rings. The van der Waals surface area contributed by atoms with Gasteiger partial charge < -0.3 is 105 Å². The molecule has 0 radical (unpaired) electrons. The summed E-state index contributed by atoms with van der Waals surface area (Å²) >= 11 is 0. The van der Waals surface area contributed by atoms with Crippen LogP contribution in [0.4, 0.5) is 0 Å². The maximum absolute atomic E-state index is 11.9. The van der Waals surface area contributed by atoms with Crippen molar-refractivity contribution in [3.8, 4) is 0 Å². The van der Waals surface area contributed by atoms with Crippen molar-refractivity contribution in [1.29, 1.82) is 0 Å². The van der Waals surface area contributed by atoms with Crippen LogP contribution in [0.1, 0.15) is 13.8 Å². The number of aliphatic hydroxyl groups excluding tert-OH is 12. The van der Waals surface area contributed by atoms with Crippen molar-refractivity contribution in [2.24, 2.45) is 0 Å². The Hall–Kier alpha value is -1.82. The number of aliphatic hydroxyl groups is 12. The second-order valence-electron chi connectivity index (χ2n) is 12.7. The Bertz CT molecular complexity index is 1140. The topological polar surface area (TPSA) is 366 Å². The zero-order valence-corrected chi connectivity index (χ0v) is 27.4. The van der Waals surface area contributed by atoms with Crippen LogP contribution in [0.25, 0.3) is 0 Å². The quantitative estimate of drug-likeness (QED) is 0.0881. The molecule has 0 aromatic carbocycles. The lowest BCUT2D eigenvalue weighted by Crippen LogP contribution is -2.68. The van der Waals surface area contributed by atoms with Crippen LogP contribution < -0.4 is 10.6 Å². The van der Waals surface area contributed by atoms with E-state index in [0.29, 0.717) is 0 Å². The van der Waals surface area contributed by atoms with Crippen molar-refractivity contribution in [3.63, 3.8) is 0 Å². The normalized spacial score (nSPS) is 47.8. The molecule has 296 valence electrons. The molecule has 23 nitrogen and oxygen atoms in total. The summed E-state index contributed by atoms with van der Waals surface area (Å²) in [5.41, 5.74) is 0. The van der Waals surface area contributed by atoms with E-state index >= 15 is 0 Å². The molecule has 4 fully saturated rings. The van der Waals surface area contributed by atoms with E-state index in [0.717, 1.165) is 13.8 Å². The van der Waals surface area contributed by atoms with Gasteiger partial charge in [-0.15, -0.1) is 0 Å². The Morgan fingerprint density at radius 3 is 1.57 bits per heavy atom. The molecule has 0 spiro atoms. The molecule has 23 heteroatoms. The van der Waals surface area contributed by atoms with E-state index in [1.165, 1.54) is 0 Å². The van der Waals surface area contributed by atoms with Gasteiger partial charge in [-0.05, 0) is 0 Å². The zero-order valence-electron chi connectivity index (χ0n) is 27.4. The maximum atomic E-state index is 11.9. The summed E-state index contributed by atoms with van der Waals surface area (Å²) in [5.74, 6) is -1.35. The van der Waals surface area contributed by atoms with E-state index in [9.17, 15) is 70.9 Å². The van der Waals surface area contributed by atoms with Crippen LogP contribution in [0.15, 0.2) is 0 Å². The van der Waals surface area contributed by atoms with E-state index in [1.54, 1.807) is 0 Å². The summed E-state index contributed by atoms with van der Waals surface area (Å²) in [7, 11) is 0.